The number of hydrogen-bond donors (Lipinski definition) is 1. The topological polar surface area (TPSA) is 57.6 Å². The van der Waals surface area contributed by atoms with Gasteiger partial charge in [-0.05, 0) is 24.0 Å². The predicted molar refractivity (Wildman–Crippen MR) is 91.0 cm³/mol. The average Bonchev–Trinajstić information content (AvgIpc) is 2.54. The molecule has 1 saturated carbocycles. The number of carbonyl (C=O) groups excluding carboxylic acids is 1. The van der Waals surface area contributed by atoms with E-state index in [0.29, 0.717) is 25.9 Å². The molecular weight excluding hydrogens is 302 g/mol. The van der Waals surface area contributed by atoms with E-state index in [2.05, 4.69) is 0 Å². The van der Waals surface area contributed by atoms with E-state index in [4.69, 9.17) is 0 Å². The summed E-state index contributed by atoms with van der Waals surface area (Å²) in [6, 6.07) is 19.6. The highest BCUT2D eigenvalue weighted by atomic mass is 16.4. The first-order valence-corrected chi connectivity index (χ1v) is 8.24. The molecule has 0 aromatic heterocycles. The maximum Gasteiger partial charge on any atom is 0.307 e. The lowest BCUT2D eigenvalue weighted by atomic mass is 9.73. The molecular formula is C20H21NO3. The molecule has 0 aliphatic heterocycles. The average molecular weight is 323 g/mol. The minimum Gasteiger partial charge on any atom is -0.481 e. The summed E-state index contributed by atoms with van der Waals surface area (Å²) in [6.45, 7) is 0.995. The molecule has 24 heavy (non-hydrogen) atoms. The molecule has 4 heteroatoms. The van der Waals surface area contributed by atoms with Crippen molar-refractivity contribution in [1.82, 2.24) is 4.90 Å². The summed E-state index contributed by atoms with van der Waals surface area (Å²) in [5.41, 5.74) is 2.10. The fourth-order valence-corrected chi connectivity index (χ4v) is 3.15. The van der Waals surface area contributed by atoms with Crippen LogP contribution < -0.4 is 0 Å². The van der Waals surface area contributed by atoms with E-state index in [1.165, 1.54) is 0 Å². The Labute approximate surface area is 141 Å². The molecule has 4 nitrogen and oxygen atoms in total. The smallest absolute Gasteiger partial charge is 0.307 e. The summed E-state index contributed by atoms with van der Waals surface area (Å²) < 4.78 is 0. The molecule has 2 unspecified atom stereocenters. The zero-order valence-corrected chi connectivity index (χ0v) is 13.5. The van der Waals surface area contributed by atoms with Crippen molar-refractivity contribution in [2.75, 3.05) is 0 Å². The predicted octanol–water partition coefficient (Wildman–Crippen LogP) is 3.33. The van der Waals surface area contributed by atoms with Gasteiger partial charge in [0.15, 0.2) is 0 Å². The van der Waals surface area contributed by atoms with Crippen LogP contribution in [0.1, 0.15) is 24.0 Å². The molecule has 1 N–H and O–H groups in total. The Bertz CT molecular complexity index is 658. The molecule has 1 amide bonds. The molecule has 0 heterocycles. The number of benzene rings is 2. The van der Waals surface area contributed by atoms with E-state index in [1.807, 2.05) is 60.7 Å². The molecule has 0 spiro atoms. The number of carbonyl (C=O) groups is 2. The lowest BCUT2D eigenvalue weighted by Gasteiger charge is -2.36. The van der Waals surface area contributed by atoms with Crippen LogP contribution in [0, 0.1) is 11.8 Å². The maximum absolute atomic E-state index is 12.9. The number of aliphatic carboxylic acids is 1. The zero-order chi connectivity index (χ0) is 16.9. The van der Waals surface area contributed by atoms with Crippen LogP contribution in [0.25, 0.3) is 0 Å². The summed E-state index contributed by atoms with van der Waals surface area (Å²) in [4.78, 5) is 26.0. The third-order valence-corrected chi connectivity index (χ3v) is 4.65. The molecule has 1 aliphatic carbocycles. The highest BCUT2D eigenvalue weighted by Crippen LogP contribution is 2.36. The quantitative estimate of drug-likeness (QED) is 0.887. The van der Waals surface area contributed by atoms with E-state index in [0.717, 1.165) is 11.1 Å². The Balaban J connectivity index is 1.78. The summed E-state index contributed by atoms with van der Waals surface area (Å²) in [6.07, 6.45) is 1.26. The summed E-state index contributed by atoms with van der Waals surface area (Å²) >= 11 is 0. The number of hydrogen-bond acceptors (Lipinski definition) is 2. The summed E-state index contributed by atoms with van der Waals surface area (Å²) in [7, 11) is 0. The van der Waals surface area contributed by atoms with Crippen LogP contribution in [-0.4, -0.2) is 21.9 Å². The van der Waals surface area contributed by atoms with Gasteiger partial charge < -0.3 is 10.0 Å². The van der Waals surface area contributed by atoms with Gasteiger partial charge in [0.25, 0.3) is 0 Å². The maximum atomic E-state index is 12.9. The second kappa shape index (κ2) is 7.30. The van der Waals surface area contributed by atoms with Gasteiger partial charge in [-0.2, -0.15) is 0 Å². The van der Waals surface area contributed by atoms with Crippen LogP contribution in [0.15, 0.2) is 60.7 Å². The van der Waals surface area contributed by atoms with Crippen molar-refractivity contribution in [2.24, 2.45) is 11.8 Å². The van der Waals surface area contributed by atoms with Crippen LogP contribution in [0.5, 0.6) is 0 Å². The lowest BCUT2D eigenvalue weighted by molar-refractivity contribution is -0.157. The van der Waals surface area contributed by atoms with Crippen molar-refractivity contribution in [1.29, 1.82) is 0 Å². The van der Waals surface area contributed by atoms with E-state index < -0.39 is 17.8 Å². The molecule has 1 aliphatic rings. The van der Waals surface area contributed by atoms with E-state index >= 15 is 0 Å². The van der Waals surface area contributed by atoms with Gasteiger partial charge in [0.1, 0.15) is 0 Å². The van der Waals surface area contributed by atoms with Crippen LogP contribution in [0.4, 0.5) is 0 Å². The van der Waals surface area contributed by atoms with Gasteiger partial charge in [0.05, 0.1) is 11.8 Å². The molecule has 1 fully saturated rings. The zero-order valence-electron chi connectivity index (χ0n) is 13.5. The molecule has 2 aromatic carbocycles. The summed E-state index contributed by atoms with van der Waals surface area (Å²) in [5.74, 6) is -1.85. The van der Waals surface area contributed by atoms with Crippen LogP contribution in [0.3, 0.4) is 0 Å². The Morgan fingerprint density at radius 1 is 0.833 bits per heavy atom. The third kappa shape index (κ3) is 3.65. The highest BCUT2D eigenvalue weighted by Gasteiger charge is 2.43. The summed E-state index contributed by atoms with van der Waals surface area (Å²) in [5, 5.41) is 9.24. The van der Waals surface area contributed by atoms with Crippen molar-refractivity contribution in [2.45, 2.75) is 25.9 Å². The van der Waals surface area contributed by atoms with Gasteiger partial charge in [0.2, 0.25) is 5.91 Å². The molecule has 2 atom stereocenters. The van der Waals surface area contributed by atoms with Gasteiger partial charge in [-0.15, -0.1) is 0 Å². The molecule has 124 valence electrons. The van der Waals surface area contributed by atoms with Gasteiger partial charge >= 0.3 is 5.97 Å². The van der Waals surface area contributed by atoms with E-state index in [1.54, 1.807) is 4.90 Å². The number of nitrogens with zero attached hydrogens (tertiary/aromatic N) is 1. The van der Waals surface area contributed by atoms with Crippen molar-refractivity contribution < 1.29 is 14.7 Å². The van der Waals surface area contributed by atoms with Gasteiger partial charge in [-0.25, -0.2) is 0 Å². The number of amides is 1. The van der Waals surface area contributed by atoms with Crippen molar-refractivity contribution in [3.8, 4) is 0 Å². The fourth-order valence-electron chi connectivity index (χ4n) is 3.15. The standard InChI is InChI=1S/C20H21NO3/c22-19(17-11-12-18(17)20(23)24)21(13-15-7-3-1-4-8-15)14-16-9-5-2-6-10-16/h1-10,17-18H,11-14H2,(H,23,24). The van der Waals surface area contributed by atoms with Crippen molar-refractivity contribution >= 4 is 11.9 Å². The molecule has 0 saturated heterocycles. The number of rotatable bonds is 6. The van der Waals surface area contributed by atoms with Gasteiger partial charge in [0, 0.05) is 13.1 Å². The minimum atomic E-state index is -0.862. The van der Waals surface area contributed by atoms with E-state index in [-0.39, 0.29) is 5.91 Å². The Hall–Kier alpha value is -2.62. The number of carboxylic acids is 1. The Morgan fingerprint density at radius 3 is 1.67 bits per heavy atom. The fraction of sp³-hybridized carbons (Fsp3) is 0.300. The second-order valence-corrected chi connectivity index (χ2v) is 6.29. The third-order valence-electron chi connectivity index (χ3n) is 4.65. The molecule has 3 rings (SSSR count). The van der Waals surface area contributed by atoms with Gasteiger partial charge in [-0.3, -0.25) is 9.59 Å². The molecule has 0 bridgehead atoms. The first-order chi connectivity index (χ1) is 11.6. The normalized spacial score (nSPS) is 19.3. The largest absolute Gasteiger partial charge is 0.481 e. The van der Waals surface area contributed by atoms with Crippen molar-refractivity contribution in [3.05, 3.63) is 71.8 Å². The SMILES string of the molecule is O=C(O)C1CCC1C(=O)N(Cc1ccccc1)Cc1ccccc1. The molecule has 0 radical (unpaired) electrons. The second-order valence-electron chi connectivity index (χ2n) is 6.29. The highest BCUT2D eigenvalue weighted by molar-refractivity contribution is 5.86. The first-order valence-electron chi connectivity index (χ1n) is 8.24. The Morgan fingerprint density at radius 2 is 1.29 bits per heavy atom. The van der Waals surface area contributed by atoms with Crippen LogP contribution >= 0.6 is 0 Å². The van der Waals surface area contributed by atoms with Crippen LogP contribution in [-0.2, 0) is 22.7 Å². The van der Waals surface area contributed by atoms with Gasteiger partial charge in [-0.1, -0.05) is 60.7 Å². The molecule has 2 aromatic rings. The lowest BCUT2D eigenvalue weighted by Crippen LogP contribution is -2.45. The minimum absolute atomic E-state index is 0.0543. The first kappa shape index (κ1) is 16.2. The number of carboxylic acid groups (broad SMARTS) is 1. The van der Waals surface area contributed by atoms with Crippen LogP contribution in [0.2, 0.25) is 0 Å². The Kier molecular flexibility index (Phi) is 4.94. The monoisotopic (exact) mass is 323 g/mol. The van der Waals surface area contributed by atoms with Crippen molar-refractivity contribution in [3.63, 3.8) is 0 Å². The van der Waals surface area contributed by atoms with E-state index in [9.17, 15) is 14.7 Å².